The van der Waals surface area contributed by atoms with Crippen molar-refractivity contribution < 1.29 is 14.4 Å². The summed E-state index contributed by atoms with van der Waals surface area (Å²) in [6, 6.07) is 14.7. The van der Waals surface area contributed by atoms with E-state index in [1.165, 1.54) is 4.90 Å². The number of amides is 3. The maximum absolute atomic E-state index is 13.6. The summed E-state index contributed by atoms with van der Waals surface area (Å²) in [6.45, 7) is 2.41. The molecule has 0 unspecified atom stereocenters. The molecule has 2 aromatic carbocycles. The number of hydrogen-bond acceptors (Lipinski definition) is 4. The highest BCUT2D eigenvalue weighted by Crippen LogP contribution is 2.53. The minimum Gasteiger partial charge on any atom is -0.324 e. The van der Waals surface area contributed by atoms with Crippen LogP contribution in [-0.2, 0) is 26.3 Å². The lowest BCUT2D eigenvalue weighted by atomic mass is 9.76. The molecule has 0 bridgehead atoms. The molecule has 3 aliphatic heterocycles. The number of unbranched alkanes of at least 4 members (excludes halogenated alkanes) is 1. The molecule has 0 saturated carbocycles. The number of nitrogens with zero attached hydrogens (tertiary/aromatic N) is 1. The van der Waals surface area contributed by atoms with Gasteiger partial charge in [-0.2, -0.15) is 0 Å². The molecule has 31 heavy (non-hydrogen) atoms. The van der Waals surface area contributed by atoms with Crippen molar-refractivity contribution in [2.75, 3.05) is 11.9 Å². The van der Waals surface area contributed by atoms with Gasteiger partial charge in [0, 0.05) is 28.9 Å². The van der Waals surface area contributed by atoms with E-state index < -0.39 is 17.4 Å². The molecule has 3 aliphatic rings. The van der Waals surface area contributed by atoms with E-state index in [0.717, 1.165) is 18.4 Å². The predicted octanol–water partition coefficient (Wildman–Crippen LogP) is 3.10. The van der Waals surface area contributed by atoms with Gasteiger partial charge in [0.2, 0.25) is 17.7 Å². The van der Waals surface area contributed by atoms with Crippen molar-refractivity contribution in [3.05, 3.63) is 64.7 Å². The average Bonchev–Trinajstić information content (AvgIpc) is 3.33. The second-order valence-corrected chi connectivity index (χ2v) is 9.01. The number of fused-ring (bicyclic) bond motifs is 4. The number of halogens is 1. The maximum Gasteiger partial charge on any atom is 0.250 e. The maximum atomic E-state index is 13.6. The molecule has 0 aliphatic carbocycles. The SMILES string of the molecule is CCCCN1C(=O)[C@H]2[C@@H](C1=O)[C@@]1(N[C@@H]2Cc2ccccc2)C(=O)Nc2ccc(Cl)cc21. The molecular formula is C24H24ClN3O3. The molecule has 0 radical (unpaired) electrons. The van der Waals surface area contributed by atoms with Crippen LogP contribution >= 0.6 is 11.6 Å². The molecule has 160 valence electrons. The third-order valence-corrected chi connectivity index (χ3v) is 7.04. The molecular weight excluding hydrogens is 414 g/mol. The van der Waals surface area contributed by atoms with Crippen molar-refractivity contribution in [1.82, 2.24) is 10.2 Å². The van der Waals surface area contributed by atoms with E-state index in [4.69, 9.17) is 11.6 Å². The molecule has 3 heterocycles. The fourth-order valence-electron chi connectivity index (χ4n) is 5.41. The zero-order valence-corrected chi connectivity index (χ0v) is 18.0. The molecule has 0 aromatic heterocycles. The van der Waals surface area contributed by atoms with E-state index in [0.29, 0.717) is 29.2 Å². The minimum atomic E-state index is -1.29. The Balaban J connectivity index is 1.62. The predicted molar refractivity (Wildman–Crippen MR) is 117 cm³/mol. The lowest BCUT2D eigenvalue weighted by molar-refractivity contribution is -0.142. The Labute approximate surface area is 185 Å². The van der Waals surface area contributed by atoms with Crippen molar-refractivity contribution in [3.63, 3.8) is 0 Å². The lowest BCUT2D eigenvalue weighted by Gasteiger charge is -2.29. The van der Waals surface area contributed by atoms with Crippen molar-refractivity contribution in [1.29, 1.82) is 0 Å². The van der Waals surface area contributed by atoms with Crippen LogP contribution < -0.4 is 10.6 Å². The van der Waals surface area contributed by atoms with Crippen LogP contribution in [0.25, 0.3) is 0 Å². The third kappa shape index (κ3) is 2.92. The Morgan fingerprint density at radius 2 is 1.84 bits per heavy atom. The second kappa shape index (κ2) is 7.46. The normalized spacial score (nSPS) is 28.9. The van der Waals surface area contributed by atoms with E-state index in [-0.39, 0.29) is 23.8 Å². The number of likely N-dealkylation sites (tertiary alicyclic amines) is 1. The molecule has 7 heteroatoms. The Kier molecular flexibility index (Phi) is 4.87. The van der Waals surface area contributed by atoms with Crippen molar-refractivity contribution >= 4 is 35.0 Å². The standard InChI is InChI=1S/C24H24ClN3O3/c1-2-3-11-28-21(29)19-18(12-14-7-5-4-6-8-14)27-24(20(19)22(28)30)16-13-15(25)9-10-17(16)26-23(24)31/h4-10,13,18-20,27H,2-3,11-12H2,1H3,(H,26,31)/t18-,19-,20+,24-/m1/s1. The summed E-state index contributed by atoms with van der Waals surface area (Å²) in [5.74, 6) is -2.13. The molecule has 1 spiro atoms. The zero-order valence-electron chi connectivity index (χ0n) is 17.2. The van der Waals surface area contributed by atoms with E-state index in [9.17, 15) is 14.4 Å². The fraction of sp³-hybridized carbons (Fsp3) is 0.375. The third-order valence-electron chi connectivity index (χ3n) is 6.80. The van der Waals surface area contributed by atoms with Crippen molar-refractivity contribution in [3.8, 4) is 0 Å². The highest BCUT2D eigenvalue weighted by molar-refractivity contribution is 6.31. The molecule has 2 fully saturated rings. The smallest absolute Gasteiger partial charge is 0.250 e. The van der Waals surface area contributed by atoms with Gasteiger partial charge in [-0.05, 0) is 36.6 Å². The van der Waals surface area contributed by atoms with Crippen LogP contribution in [0.15, 0.2) is 48.5 Å². The first-order valence-corrected chi connectivity index (χ1v) is 11.1. The van der Waals surface area contributed by atoms with Gasteiger partial charge in [-0.25, -0.2) is 0 Å². The zero-order chi connectivity index (χ0) is 21.8. The highest BCUT2D eigenvalue weighted by Gasteiger charge is 2.70. The Morgan fingerprint density at radius 3 is 2.58 bits per heavy atom. The largest absolute Gasteiger partial charge is 0.324 e. The lowest BCUT2D eigenvalue weighted by Crippen LogP contribution is -2.53. The van der Waals surface area contributed by atoms with Gasteiger partial charge in [0.25, 0.3) is 0 Å². The molecule has 3 amide bonds. The number of imide groups is 1. The van der Waals surface area contributed by atoms with Crippen LogP contribution in [0, 0.1) is 11.8 Å². The molecule has 2 saturated heterocycles. The highest BCUT2D eigenvalue weighted by atomic mass is 35.5. The van der Waals surface area contributed by atoms with E-state index in [2.05, 4.69) is 10.6 Å². The molecule has 2 aromatic rings. The Bertz CT molecular complexity index is 1070. The van der Waals surface area contributed by atoms with Gasteiger partial charge in [0.05, 0.1) is 11.8 Å². The summed E-state index contributed by atoms with van der Waals surface area (Å²) < 4.78 is 0. The summed E-state index contributed by atoms with van der Waals surface area (Å²) in [4.78, 5) is 41.7. The van der Waals surface area contributed by atoms with E-state index in [1.54, 1.807) is 18.2 Å². The number of anilines is 1. The first-order chi connectivity index (χ1) is 15.0. The van der Waals surface area contributed by atoms with E-state index >= 15 is 0 Å². The number of carbonyl (C=O) groups excluding carboxylic acids is 3. The van der Waals surface area contributed by atoms with Crippen LogP contribution in [0.4, 0.5) is 5.69 Å². The van der Waals surface area contributed by atoms with Gasteiger partial charge in [-0.1, -0.05) is 55.3 Å². The second-order valence-electron chi connectivity index (χ2n) is 8.58. The fourth-order valence-corrected chi connectivity index (χ4v) is 5.59. The van der Waals surface area contributed by atoms with Crippen LogP contribution in [-0.4, -0.2) is 35.2 Å². The number of carbonyl (C=O) groups is 3. The molecule has 4 atom stereocenters. The van der Waals surface area contributed by atoms with E-state index in [1.807, 2.05) is 37.3 Å². The Morgan fingerprint density at radius 1 is 1.06 bits per heavy atom. The quantitative estimate of drug-likeness (QED) is 0.704. The molecule has 5 rings (SSSR count). The first-order valence-electron chi connectivity index (χ1n) is 10.8. The van der Waals surface area contributed by atoms with Crippen LogP contribution in [0.1, 0.15) is 30.9 Å². The van der Waals surface area contributed by atoms with Crippen LogP contribution in [0.2, 0.25) is 5.02 Å². The molecule has 6 nitrogen and oxygen atoms in total. The summed E-state index contributed by atoms with van der Waals surface area (Å²) >= 11 is 6.27. The minimum absolute atomic E-state index is 0.183. The van der Waals surface area contributed by atoms with Gasteiger partial charge in [-0.15, -0.1) is 0 Å². The average molecular weight is 438 g/mol. The number of hydrogen-bond donors (Lipinski definition) is 2. The summed E-state index contributed by atoms with van der Waals surface area (Å²) in [7, 11) is 0. The van der Waals surface area contributed by atoms with Crippen LogP contribution in [0.5, 0.6) is 0 Å². The summed E-state index contributed by atoms with van der Waals surface area (Å²) in [5, 5.41) is 6.84. The monoisotopic (exact) mass is 437 g/mol. The Hall–Kier alpha value is -2.70. The van der Waals surface area contributed by atoms with Crippen molar-refractivity contribution in [2.45, 2.75) is 37.8 Å². The number of nitrogens with one attached hydrogen (secondary N) is 2. The van der Waals surface area contributed by atoms with Gasteiger partial charge >= 0.3 is 0 Å². The number of benzene rings is 2. The van der Waals surface area contributed by atoms with Gasteiger partial charge in [-0.3, -0.25) is 24.6 Å². The van der Waals surface area contributed by atoms with Gasteiger partial charge in [0.15, 0.2) is 0 Å². The first kappa shape index (κ1) is 20.2. The topological polar surface area (TPSA) is 78.5 Å². The summed E-state index contributed by atoms with van der Waals surface area (Å²) in [6.07, 6.45) is 2.17. The van der Waals surface area contributed by atoms with Crippen LogP contribution in [0.3, 0.4) is 0 Å². The molecule has 2 N–H and O–H groups in total. The van der Waals surface area contributed by atoms with Crippen molar-refractivity contribution in [2.24, 2.45) is 11.8 Å². The summed E-state index contributed by atoms with van der Waals surface area (Å²) in [5.41, 5.74) is 1.04. The number of rotatable bonds is 5. The van der Waals surface area contributed by atoms with Gasteiger partial charge < -0.3 is 5.32 Å². The van der Waals surface area contributed by atoms with Gasteiger partial charge in [0.1, 0.15) is 5.54 Å².